The van der Waals surface area contributed by atoms with Crippen molar-refractivity contribution in [1.29, 1.82) is 0 Å². The second-order valence-corrected chi connectivity index (χ2v) is 8.27. The molecule has 0 aliphatic carbocycles. The van der Waals surface area contributed by atoms with Crippen molar-refractivity contribution in [2.24, 2.45) is 0 Å². The molecule has 0 bridgehead atoms. The zero-order chi connectivity index (χ0) is 24.4. The van der Waals surface area contributed by atoms with E-state index < -0.39 is 23.6 Å². The number of carbonyl (C=O) groups is 3. The van der Waals surface area contributed by atoms with Crippen molar-refractivity contribution in [3.8, 4) is 5.75 Å². The van der Waals surface area contributed by atoms with E-state index in [1.807, 2.05) is 0 Å². The Morgan fingerprint density at radius 3 is 2.59 bits per heavy atom. The monoisotopic (exact) mass is 474 g/mol. The van der Waals surface area contributed by atoms with Crippen molar-refractivity contribution in [2.45, 2.75) is 37.5 Å². The van der Waals surface area contributed by atoms with Crippen LogP contribution in [-0.4, -0.2) is 61.7 Å². The third-order valence-corrected chi connectivity index (χ3v) is 6.02. The molecule has 3 atom stereocenters. The summed E-state index contributed by atoms with van der Waals surface area (Å²) in [5.74, 6) is -2.83. The number of esters is 1. The van der Waals surface area contributed by atoms with Gasteiger partial charge in [0.1, 0.15) is 30.1 Å². The first-order valence-electron chi connectivity index (χ1n) is 10.8. The standard InChI is InChI=1S/C24H24F2N2O6/c1-28-19-5-4-17(11-22(29)32-2)34-21(19)12-33-20-6-3-16(10-18(20)24(28)31)27-23(30)13-7-14(25)9-15(26)8-13/h3,6-10,17,19,21H,4-5,11-12H2,1-2H3,(H,27,30)/t17-,19-,21+/m1/s1. The Morgan fingerprint density at radius 2 is 1.88 bits per heavy atom. The van der Waals surface area contributed by atoms with Crippen molar-refractivity contribution >= 4 is 23.5 Å². The van der Waals surface area contributed by atoms with Crippen LogP contribution < -0.4 is 10.1 Å². The average Bonchev–Trinajstić information content (AvgIpc) is 2.81. The Hall–Kier alpha value is -3.53. The van der Waals surface area contributed by atoms with Gasteiger partial charge in [-0.2, -0.15) is 0 Å². The van der Waals surface area contributed by atoms with E-state index in [1.54, 1.807) is 11.9 Å². The molecule has 10 heteroatoms. The Labute approximate surface area is 194 Å². The number of ether oxygens (including phenoxy) is 3. The quantitative estimate of drug-likeness (QED) is 0.685. The molecule has 4 rings (SSSR count). The van der Waals surface area contributed by atoms with E-state index in [-0.39, 0.29) is 53.9 Å². The summed E-state index contributed by atoms with van der Waals surface area (Å²) in [6.07, 6.45) is 0.597. The van der Waals surface area contributed by atoms with Crippen LogP contribution in [0.25, 0.3) is 0 Å². The van der Waals surface area contributed by atoms with Gasteiger partial charge in [-0.1, -0.05) is 0 Å². The van der Waals surface area contributed by atoms with Crippen LogP contribution in [0.15, 0.2) is 36.4 Å². The van der Waals surface area contributed by atoms with Gasteiger partial charge in [-0.05, 0) is 43.2 Å². The summed E-state index contributed by atoms with van der Waals surface area (Å²) in [6.45, 7) is 0.168. The predicted octanol–water partition coefficient (Wildman–Crippen LogP) is 3.16. The van der Waals surface area contributed by atoms with Gasteiger partial charge < -0.3 is 24.4 Å². The van der Waals surface area contributed by atoms with Gasteiger partial charge in [-0.3, -0.25) is 14.4 Å². The molecule has 180 valence electrons. The van der Waals surface area contributed by atoms with Crippen LogP contribution in [0.1, 0.15) is 40.0 Å². The SMILES string of the molecule is COC(=O)C[C@H]1CC[C@@H]2[C@H](COc3ccc(NC(=O)c4cc(F)cc(F)c4)cc3C(=O)N2C)O1. The van der Waals surface area contributed by atoms with Crippen molar-refractivity contribution in [2.75, 3.05) is 26.1 Å². The fourth-order valence-electron chi connectivity index (χ4n) is 4.26. The summed E-state index contributed by atoms with van der Waals surface area (Å²) in [4.78, 5) is 38.9. The molecule has 2 aromatic carbocycles. The van der Waals surface area contributed by atoms with E-state index >= 15 is 0 Å². The lowest BCUT2D eigenvalue weighted by atomic mass is 9.94. The lowest BCUT2D eigenvalue weighted by molar-refractivity contribution is -0.151. The molecule has 0 aromatic heterocycles. The van der Waals surface area contributed by atoms with Crippen LogP contribution in [0.3, 0.4) is 0 Å². The highest BCUT2D eigenvalue weighted by Crippen LogP contribution is 2.32. The number of likely N-dealkylation sites (N-methyl/N-ethyl adjacent to an activating group) is 1. The first kappa shape index (κ1) is 23.6. The molecule has 8 nitrogen and oxygen atoms in total. The maximum absolute atomic E-state index is 13.5. The summed E-state index contributed by atoms with van der Waals surface area (Å²) in [7, 11) is 2.99. The van der Waals surface area contributed by atoms with E-state index in [4.69, 9.17) is 14.2 Å². The predicted molar refractivity (Wildman–Crippen MR) is 117 cm³/mol. The molecule has 0 spiro atoms. The molecule has 2 amide bonds. The maximum Gasteiger partial charge on any atom is 0.308 e. The molecule has 0 saturated carbocycles. The molecule has 2 aliphatic heterocycles. The van der Waals surface area contributed by atoms with Crippen molar-refractivity contribution < 1.29 is 37.4 Å². The first-order valence-corrected chi connectivity index (χ1v) is 10.8. The lowest BCUT2D eigenvalue weighted by Crippen LogP contribution is -2.53. The molecule has 1 fully saturated rings. The van der Waals surface area contributed by atoms with Gasteiger partial charge in [0.2, 0.25) is 0 Å². The van der Waals surface area contributed by atoms with Crippen molar-refractivity contribution in [3.63, 3.8) is 0 Å². The topological polar surface area (TPSA) is 94.2 Å². The van der Waals surface area contributed by atoms with Crippen molar-refractivity contribution in [3.05, 3.63) is 59.2 Å². The molecular weight excluding hydrogens is 450 g/mol. The summed E-state index contributed by atoms with van der Waals surface area (Å²) >= 11 is 0. The normalized spacial score (nSPS) is 21.9. The highest BCUT2D eigenvalue weighted by Gasteiger charge is 2.39. The van der Waals surface area contributed by atoms with Crippen LogP contribution in [-0.2, 0) is 14.3 Å². The molecule has 2 aromatic rings. The average molecular weight is 474 g/mol. The van der Waals surface area contributed by atoms with E-state index in [0.717, 1.165) is 12.1 Å². The summed E-state index contributed by atoms with van der Waals surface area (Å²) in [5, 5.41) is 2.55. The van der Waals surface area contributed by atoms with Crippen LogP contribution in [0.2, 0.25) is 0 Å². The Morgan fingerprint density at radius 1 is 1.15 bits per heavy atom. The smallest absolute Gasteiger partial charge is 0.308 e. The largest absolute Gasteiger partial charge is 0.490 e. The van der Waals surface area contributed by atoms with Crippen LogP contribution in [0, 0.1) is 11.6 Å². The highest BCUT2D eigenvalue weighted by molar-refractivity contribution is 6.05. The minimum atomic E-state index is -0.869. The zero-order valence-corrected chi connectivity index (χ0v) is 18.7. The number of hydrogen-bond donors (Lipinski definition) is 1. The molecule has 1 N–H and O–H groups in total. The van der Waals surface area contributed by atoms with Gasteiger partial charge in [0.15, 0.2) is 0 Å². The van der Waals surface area contributed by atoms with Gasteiger partial charge in [0.05, 0.1) is 31.2 Å². The zero-order valence-electron chi connectivity index (χ0n) is 18.7. The molecule has 2 aliphatic rings. The highest BCUT2D eigenvalue weighted by atomic mass is 19.1. The van der Waals surface area contributed by atoms with Crippen LogP contribution in [0.5, 0.6) is 5.75 Å². The molecule has 1 saturated heterocycles. The molecule has 0 radical (unpaired) electrons. The lowest BCUT2D eigenvalue weighted by Gasteiger charge is -2.42. The third-order valence-electron chi connectivity index (χ3n) is 6.02. The molecule has 34 heavy (non-hydrogen) atoms. The first-order chi connectivity index (χ1) is 16.2. The minimum absolute atomic E-state index is 0.131. The second-order valence-electron chi connectivity index (χ2n) is 8.27. The van der Waals surface area contributed by atoms with Gasteiger partial charge in [-0.25, -0.2) is 8.78 Å². The second kappa shape index (κ2) is 9.76. The van der Waals surface area contributed by atoms with Gasteiger partial charge in [0, 0.05) is 24.4 Å². The Kier molecular flexibility index (Phi) is 6.78. The summed E-state index contributed by atoms with van der Waals surface area (Å²) < 4.78 is 43.5. The fourth-order valence-corrected chi connectivity index (χ4v) is 4.26. The number of fused-ring (bicyclic) bond motifs is 2. The van der Waals surface area contributed by atoms with E-state index in [1.165, 1.54) is 25.3 Å². The Balaban J connectivity index is 1.52. The maximum atomic E-state index is 13.5. The van der Waals surface area contributed by atoms with Crippen LogP contribution >= 0.6 is 0 Å². The van der Waals surface area contributed by atoms with Gasteiger partial charge in [-0.15, -0.1) is 0 Å². The number of benzene rings is 2. The summed E-state index contributed by atoms with van der Waals surface area (Å²) in [5.41, 5.74) is 0.322. The van der Waals surface area contributed by atoms with Gasteiger partial charge in [0.25, 0.3) is 11.8 Å². The third kappa shape index (κ3) is 5.01. The number of nitrogens with zero attached hydrogens (tertiary/aromatic N) is 1. The fraction of sp³-hybridized carbons (Fsp3) is 0.375. The van der Waals surface area contributed by atoms with E-state index in [9.17, 15) is 23.2 Å². The number of nitrogens with one attached hydrogen (secondary N) is 1. The van der Waals surface area contributed by atoms with Gasteiger partial charge >= 0.3 is 5.97 Å². The minimum Gasteiger partial charge on any atom is -0.490 e. The molecule has 2 heterocycles. The number of amides is 2. The number of methoxy groups -OCH3 is 1. The Bertz CT molecular complexity index is 1100. The van der Waals surface area contributed by atoms with E-state index in [2.05, 4.69) is 5.32 Å². The molecular formula is C24H24F2N2O6. The van der Waals surface area contributed by atoms with E-state index in [0.29, 0.717) is 24.7 Å². The number of hydrogen-bond acceptors (Lipinski definition) is 6. The van der Waals surface area contributed by atoms with Crippen LogP contribution in [0.4, 0.5) is 14.5 Å². The number of anilines is 1. The number of halogens is 2. The number of carbonyl (C=O) groups excluding carboxylic acids is 3. The van der Waals surface area contributed by atoms with Crippen molar-refractivity contribution in [1.82, 2.24) is 4.90 Å². The number of rotatable bonds is 4. The summed E-state index contributed by atoms with van der Waals surface area (Å²) in [6, 6.07) is 6.79. The molecule has 0 unspecified atom stereocenters.